The summed E-state index contributed by atoms with van der Waals surface area (Å²) in [7, 11) is 0. The molecule has 0 aromatic rings. The SMILES string of the molecule is C.C.C=CCBr.C=CCOCC.CCC.[OH-]. The van der Waals surface area contributed by atoms with E-state index in [1.807, 2.05) is 6.92 Å². The van der Waals surface area contributed by atoms with Crippen LogP contribution in [0.25, 0.3) is 0 Å². The summed E-state index contributed by atoms with van der Waals surface area (Å²) in [5.41, 5.74) is 0. The second kappa shape index (κ2) is 60.6. The first-order valence-corrected chi connectivity index (χ1v) is 5.72. The third-order valence-corrected chi connectivity index (χ3v) is 1.01. The fourth-order valence-corrected chi connectivity index (χ4v) is 0.201. The maximum atomic E-state index is 4.86. The smallest absolute Gasteiger partial charge is 0.0644 e. The molecule has 0 aromatic carbocycles. The Kier molecular flexibility index (Phi) is 136. The molecule has 3 heteroatoms. The van der Waals surface area contributed by atoms with E-state index in [2.05, 4.69) is 42.9 Å². The average molecular weight is 300 g/mol. The van der Waals surface area contributed by atoms with Crippen LogP contribution in [0.15, 0.2) is 25.3 Å². The number of alkyl halides is 1. The van der Waals surface area contributed by atoms with Crippen molar-refractivity contribution in [2.24, 2.45) is 0 Å². The number of rotatable bonds is 4. The quantitative estimate of drug-likeness (QED) is 0.402. The Morgan fingerprint density at radius 2 is 1.38 bits per heavy atom. The fourth-order valence-electron chi connectivity index (χ4n) is 0.201. The largest absolute Gasteiger partial charge is 0.870 e. The number of hydrogen-bond acceptors (Lipinski definition) is 2. The van der Waals surface area contributed by atoms with Gasteiger partial charge in [-0.05, 0) is 6.92 Å². The first kappa shape index (κ1) is 36.0. The second-order valence-corrected chi connectivity index (χ2v) is 2.75. The van der Waals surface area contributed by atoms with Crippen LogP contribution >= 0.6 is 15.9 Å². The standard InChI is InChI=1S/C5H10O.C3H5Br.C3H8.2CH4.H2O/c1-3-5-6-4-2;1-2-3-4;1-3-2;;;/h3H,1,4-5H2,2H3;2H,1,3H2;3H2,1-2H3;2*1H4;1H2/p-1. The highest BCUT2D eigenvalue weighted by molar-refractivity contribution is 9.09. The summed E-state index contributed by atoms with van der Waals surface area (Å²) in [4.78, 5) is 0. The zero-order valence-electron chi connectivity index (χ0n) is 9.63. The zero-order valence-corrected chi connectivity index (χ0v) is 11.2. The van der Waals surface area contributed by atoms with Crippen LogP contribution in [0.5, 0.6) is 0 Å². The van der Waals surface area contributed by atoms with E-state index in [-0.39, 0.29) is 20.3 Å². The molecule has 0 aromatic heterocycles. The number of ether oxygens (including phenoxy) is 1. The third-order valence-electron chi connectivity index (χ3n) is 0.549. The summed E-state index contributed by atoms with van der Waals surface area (Å²) in [6.07, 6.45) is 4.78. The van der Waals surface area contributed by atoms with Gasteiger partial charge in [-0.15, -0.1) is 13.2 Å². The second-order valence-electron chi connectivity index (χ2n) is 2.10. The van der Waals surface area contributed by atoms with Gasteiger partial charge in [0.25, 0.3) is 0 Å². The van der Waals surface area contributed by atoms with Crippen LogP contribution in [-0.2, 0) is 4.74 Å². The molecule has 1 N–H and O–H groups in total. The van der Waals surface area contributed by atoms with Gasteiger partial charge in [-0.25, -0.2) is 0 Å². The zero-order chi connectivity index (χ0) is 10.9. The molecule has 0 fully saturated rings. The Bertz CT molecular complexity index is 86.0. The van der Waals surface area contributed by atoms with Crippen LogP contribution < -0.4 is 0 Å². The van der Waals surface area contributed by atoms with Crippen molar-refractivity contribution in [1.82, 2.24) is 0 Å². The van der Waals surface area contributed by atoms with E-state index in [0.717, 1.165) is 11.9 Å². The molecule has 0 amide bonds. The monoisotopic (exact) mass is 299 g/mol. The summed E-state index contributed by atoms with van der Waals surface area (Å²) in [5, 5.41) is 0.896. The molecule has 0 aliphatic carbocycles. The fraction of sp³-hybridized carbons (Fsp3) is 0.692. The van der Waals surface area contributed by atoms with Crippen molar-refractivity contribution in [1.29, 1.82) is 0 Å². The van der Waals surface area contributed by atoms with E-state index in [0.29, 0.717) is 6.61 Å². The highest BCUT2D eigenvalue weighted by atomic mass is 79.9. The summed E-state index contributed by atoms with van der Waals surface area (Å²) in [6, 6.07) is 0. The van der Waals surface area contributed by atoms with Crippen LogP contribution in [0, 0.1) is 0 Å². The minimum Gasteiger partial charge on any atom is -0.870 e. The molecule has 0 bridgehead atoms. The van der Waals surface area contributed by atoms with Gasteiger partial charge in [0.05, 0.1) is 6.61 Å². The molecular weight excluding hydrogens is 268 g/mol. The van der Waals surface area contributed by atoms with Crippen molar-refractivity contribution in [2.45, 2.75) is 42.0 Å². The summed E-state index contributed by atoms with van der Waals surface area (Å²) < 4.78 is 4.86. The summed E-state index contributed by atoms with van der Waals surface area (Å²) >= 11 is 3.13. The lowest BCUT2D eigenvalue weighted by Crippen LogP contribution is -1.86. The molecular formula is C13H32BrO2-. The van der Waals surface area contributed by atoms with Crippen molar-refractivity contribution >= 4 is 15.9 Å². The summed E-state index contributed by atoms with van der Waals surface area (Å²) in [5.74, 6) is 0. The minimum atomic E-state index is 0. The van der Waals surface area contributed by atoms with Crippen LogP contribution in [0.4, 0.5) is 0 Å². The number of allylic oxidation sites excluding steroid dienone is 1. The molecule has 0 rings (SSSR count). The van der Waals surface area contributed by atoms with Crippen molar-refractivity contribution in [3.05, 3.63) is 25.3 Å². The van der Waals surface area contributed by atoms with Gasteiger partial charge < -0.3 is 10.2 Å². The van der Waals surface area contributed by atoms with E-state index < -0.39 is 0 Å². The van der Waals surface area contributed by atoms with Gasteiger partial charge in [0.1, 0.15) is 0 Å². The van der Waals surface area contributed by atoms with Gasteiger partial charge in [-0.3, -0.25) is 0 Å². The van der Waals surface area contributed by atoms with Gasteiger partial charge in [-0.1, -0.05) is 63.2 Å². The molecule has 0 spiro atoms. The van der Waals surface area contributed by atoms with Gasteiger partial charge in [-0.2, -0.15) is 0 Å². The Morgan fingerprint density at radius 3 is 1.44 bits per heavy atom. The molecule has 0 unspecified atom stereocenters. The lowest BCUT2D eigenvalue weighted by Gasteiger charge is -1.88. The number of halogens is 1. The van der Waals surface area contributed by atoms with E-state index in [9.17, 15) is 0 Å². The van der Waals surface area contributed by atoms with Crippen molar-refractivity contribution in [3.8, 4) is 0 Å². The molecule has 0 atom stereocenters. The van der Waals surface area contributed by atoms with E-state index in [1.165, 1.54) is 6.42 Å². The molecule has 0 saturated carbocycles. The highest BCUT2D eigenvalue weighted by Crippen LogP contribution is 1.73. The molecule has 0 aliphatic rings. The topological polar surface area (TPSA) is 39.2 Å². The predicted molar refractivity (Wildman–Crippen MR) is 82.0 cm³/mol. The summed E-state index contributed by atoms with van der Waals surface area (Å²) in [6.45, 7) is 14.6. The lowest BCUT2D eigenvalue weighted by molar-refractivity contribution is 0.178. The van der Waals surface area contributed by atoms with Gasteiger partial charge in [0.15, 0.2) is 0 Å². The normalized spacial score (nSPS) is 5.75. The molecule has 16 heavy (non-hydrogen) atoms. The van der Waals surface area contributed by atoms with E-state index in [4.69, 9.17) is 4.74 Å². The van der Waals surface area contributed by atoms with Crippen molar-refractivity contribution < 1.29 is 10.2 Å². The average Bonchev–Trinajstić information content (AvgIpc) is 2.16. The van der Waals surface area contributed by atoms with Crippen LogP contribution in [0.2, 0.25) is 0 Å². The van der Waals surface area contributed by atoms with Crippen molar-refractivity contribution in [2.75, 3.05) is 18.5 Å². The molecule has 0 heterocycles. The Morgan fingerprint density at radius 1 is 1.06 bits per heavy atom. The van der Waals surface area contributed by atoms with Gasteiger partial charge in [0.2, 0.25) is 0 Å². The lowest BCUT2D eigenvalue weighted by atomic mass is 10.6. The first-order valence-electron chi connectivity index (χ1n) is 4.60. The maximum Gasteiger partial charge on any atom is 0.0644 e. The van der Waals surface area contributed by atoms with Gasteiger partial charge >= 0.3 is 0 Å². The molecule has 0 saturated heterocycles. The number of hydrogen-bond donors (Lipinski definition) is 0. The highest BCUT2D eigenvalue weighted by Gasteiger charge is 1.67. The van der Waals surface area contributed by atoms with Crippen LogP contribution in [-0.4, -0.2) is 24.0 Å². The Labute approximate surface area is 112 Å². The third kappa shape index (κ3) is 153. The van der Waals surface area contributed by atoms with Gasteiger partial charge in [0, 0.05) is 11.9 Å². The van der Waals surface area contributed by atoms with Crippen LogP contribution in [0.3, 0.4) is 0 Å². The Hall–Kier alpha value is -0.120. The first-order chi connectivity index (χ1) is 6.24. The van der Waals surface area contributed by atoms with Crippen molar-refractivity contribution in [3.63, 3.8) is 0 Å². The Balaban J connectivity index is -0.0000000226. The molecule has 0 aliphatic heterocycles. The van der Waals surface area contributed by atoms with E-state index in [1.54, 1.807) is 12.2 Å². The predicted octanol–water partition coefficient (Wildman–Crippen LogP) is 5.29. The molecule has 104 valence electrons. The van der Waals surface area contributed by atoms with E-state index >= 15 is 0 Å². The maximum absolute atomic E-state index is 4.86. The molecule has 2 nitrogen and oxygen atoms in total. The van der Waals surface area contributed by atoms with Crippen LogP contribution in [0.1, 0.15) is 42.0 Å². The molecule has 0 radical (unpaired) electrons. The minimum absolute atomic E-state index is 0.